The maximum atomic E-state index is 12.9. The van der Waals surface area contributed by atoms with E-state index in [1.807, 2.05) is 30.3 Å². The van der Waals surface area contributed by atoms with Gasteiger partial charge in [-0.2, -0.15) is 0 Å². The summed E-state index contributed by atoms with van der Waals surface area (Å²) in [6.45, 7) is 5.23. The number of carbonyl (C=O) groups is 3. The highest BCUT2D eigenvalue weighted by Gasteiger charge is 2.23. The van der Waals surface area contributed by atoms with Crippen molar-refractivity contribution in [3.63, 3.8) is 0 Å². The van der Waals surface area contributed by atoms with Crippen LogP contribution in [0.5, 0.6) is 0 Å². The van der Waals surface area contributed by atoms with Crippen molar-refractivity contribution in [2.45, 2.75) is 44.6 Å². The average molecular weight is 447 g/mol. The summed E-state index contributed by atoms with van der Waals surface area (Å²) in [4.78, 5) is 36.9. The van der Waals surface area contributed by atoms with E-state index in [1.165, 1.54) is 36.0 Å². The molecule has 2 aromatic carbocycles. The highest BCUT2D eigenvalue weighted by Crippen LogP contribution is 2.20. The minimum Gasteiger partial charge on any atom is -0.463 e. The molecule has 2 amide bonds. The largest absolute Gasteiger partial charge is 0.463 e. The third-order valence-electron chi connectivity index (χ3n) is 4.22. The van der Waals surface area contributed by atoms with E-state index >= 15 is 0 Å². The Morgan fingerprint density at radius 2 is 1.65 bits per heavy atom. The van der Waals surface area contributed by atoms with Crippen LogP contribution in [-0.2, 0) is 19.1 Å². The molecule has 0 aliphatic heterocycles. The first-order valence-electron chi connectivity index (χ1n) is 9.96. The number of ether oxygens (including phenoxy) is 1. The van der Waals surface area contributed by atoms with Crippen LogP contribution < -0.4 is 10.6 Å². The number of benzene rings is 2. The minimum absolute atomic E-state index is 0.0103. The lowest BCUT2D eigenvalue weighted by Crippen LogP contribution is -2.36. The molecule has 31 heavy (non-hydrogen) atoms. The van der Waals surface area contributed by atoms with E-state index in [4.69, 9.17) is 4.74 Å². The molecule has 166 valence electrons. The first-order valence-corrected chi connectivity index (χ1v) is 11.0. The van der Waals surface area contributed by atoms with Gasteiger partial charge in [-0.25, -0.2) is 4.39 Å². The first-order chi connectivity index (χ1) is 14.7. The van der Waals surface area contributed by atoms with Crippen molar-refractivity contribution in [1.82, 2.24) is 5.32 Å². The zero-order chi connectivity index (χ0) is 22.8. The van der Waals surface area contributed by atoms with Crippen LogP contribution in [0.25, 0.3) is 0 Å². The van der Waals surface area contributed by atoms with Gasteiger partial charge >= 0.3 is 5.97 Å². The number of nitrogens with one attached hydrogen (secondary N) is 2. The van der Waals surface area contributed by atoms with Gasteiger partial charge in [0.25, 0.3) is 0 Å². The molecular weight excluding hydrogens is 419 g/mol. The molecular formula is C23H27FN2O4S. The highest BCUT2D eigenvalue weighted by atomic mass is 32.2. The fourth-order valence-electron chi connectivity index (χ4n) is 2.71. The van der Waals surface area contributed by atoms with Gasteiger partial charge in [0.2, 0.25) is 11.8 Å². The standard InChI is InChI=1S/C23H27FN2O4S/c1-15(2)30-22(28)13-20(17-7-5-4-6-8-17)26-23(29)16(3)31-14-21(27)25-19-11-9-18(24)10-12-19/h4-12,15-16,20H,13-14H2,1-3H3,(H,25,27)(H,26,29). The molecule has 0 saturated heterocycles. The predicted molar refractivity (Wildman–Crippen MR) is 120 cm³/mol. The molecule has 0 bridgehead atoms. The van der Waals surface area contributed by atoms with E-state index in [0.29, 0.717) is 5.69 Å². The van der Waals surface area contributed by atoms with Gasteiger partial charge in [0.15, 0.2) is 0 Å². The molecule has 2 rings (SSSR count). The van der Waals surface area contributed by atoms with Gasteiger partial charge in [-0.1, -0.05) is 30.3 Å². The van der Waals surface area contributed by atoms with Crippen LogP contribution in [0.4, 0.5) is 10.1 Å². The Labute approximate surface area is 185 Å². The van der Waals surface area contributed by atoms with Crippen molar-refractivity contribution < 1.29 is 23.5 Å². The van der Waals surface area contributed by atoms with E-state index in [0.717, 1.165) is 5.56 Å². The van der Waals surface area contributed by atoms with Crippen LogP contribution in [0.1, 0.15) is 38.8 Å². The second-order valence-corrected chi connectivity index (χ2v) is 8.55. The normalized spacial score (nSPS) is 12.7. The van der Waals surface area contributed by atoms with Crippen molar-refractivity contribution in [2.24, 2.45) is 0 Å². The first kappa shape index (κ1) is 24.4. The molecule has 0 radical (unpaired) electrons. The van der Waals surface area contributed by atoms with E-state index in [-0.39, 0.29) is 35.9 Å². The van der Waals surface area contributed by atoms with E-state index < -0.39 is 17.3 Å². The Balaban J connectivity index is 1.91. The number of esters is 1. The molecule has 0 spiro atoms. The van der Waals surface area contributed by atoms with Crippen LogP contribution in [0, 0.1) is 5.82 Å². The highest BCUT2D eigenvalue weighted by molar-refractivity contribution is 8.01. The lowest BCUT2D eigenvalue weighted by atomic mass is 10.0. The Kier molecular flexibility index (Phi) is 9.52. The van der Waals surface area contributed by atoms with Gasteiger partial charge < -0.3 is 15.4 Å². The van der Waals surface area contributed by atoms with E-state index in [9.17, 15) is 18.8 Å². The van der Waals surface area contributed by atoms with Gasteiger partial charge in [0.1, 0.15) is 5.82 Å². The zero-order valence-electron chi connectivity index (χ0n) is 17.8. The SMILES string of the molecule is CC(C)OC(=O)CC(NC(=O)C(C)SCC(=O)Nc1ccc(F)cc1)c1ccccc1. The lowest BCUT2D eigenvalue weighted by molar-refractivity contribution is -0.148. The topological polar surface area (TPSA) is 84.5 Å². The summed E-state index contributed by atoms with van der Waals surface area (Å²) < 4.78 is 18.2. The fraction of sp³-hybridized carbons (Fsp3) is 0.348. The van der Waals surface area contributed by atoms with E-state index in [1.54, 1.807) is 20.8 Å². The molecule has 2 unspecified atom stereocenters. The number of rotatable bonds is 10. The number of hydrogen-bond acceptors (Lipinski definition) is 5. The lowest BCUT2D eigenvalue weighted by Gasteiger charge is -2.21. The smallest absolute Gasteiger partial charge is 0.308 e. The number of anilines is 1. The summed E-state index contributed by atoms with van der Waals surface area (Å²) in [6, 6.07) is 14.1. The molecule has 0 aliphatic carbocycles. The molecule has 0 fully saturated rings. The van der Waals surface area contributed by atoms with E-state index in [2.05, 4.69) is 10.6 Å². The molecule has 0 aliphatic rings. The van der Waals surface area contributed by atoms with Gasteiger partial charge in [-0.15, -0.1) is 11.8 Å². The summed E-state index contributed by atoms with van der Waals surface area (Å²) >= 11 is 1.17. The second kappa shape index (κ2) is 12.1. The Bertz CT molecular complexity index is 875. The molecule has 2 N–H and O–H groups in total. The molecule has 0 heterocycles. The van der Waals surface area contributed by atoms with Gasteiger partial charge in [-0.3, -0.25) is 14.4 Å². The maximum absolute atomic E-state index is 12.9. The number of hydrogen-bond donors (Lipinski definition) is 2. The summed E-state index contributed by atoms with van der Waals surface area (Å²) in [5, 5.41) is 5.02. The van der Waals surface area contributed by atoms with Crippen LogP contribution in [0.3, 0.4) is 0 Å². The third kappa shape index (κ3) is 8.80. The Morgan fingerprint density at radius 1 is 1.00 bits per heavy atom. The summed E-state index contributed by atoms with van der Waals surface area (Å²) in [5.41, 5.74) is 1.28. The zero-order valence-corrected chi connectivity index (χ0v) is 18.6. The van der Waals surface area contributed by atoms with Gasteiger partial charge in [0.05, 0.1) is 29.6 Å². The van der Waals surface area contributed by atoms with Crippen LogP contribution in [0.2, 0.25) is 0 Å². The third-order valence-corrected chi connectivity index (χ3v) is 5.36. The van der Waals surface area contributed by atoms with Crippen LogP contribution in [-0.4, -0.2) is 34.9 Å². The maximum Gasteiger partial charge on any atom is 0.308 e. The summed E-state index contributed by atoms with van der Waals surface area (Å²) in [7, 11) is 0. The average Bonchev–Trinajstić information content (AvgIpc) is 2.73. The minimum atomic E-state index is -0.531. The molecule has 0 aromatic heterocycles. The van der Waals surface area contributed by atoms with Crippen molar-refractivity contribution in [3.8, 4) is 0 Å². The molecule has 6 nitrogen and oxygen atoms in total. The Hall–Kier alpha value is -2.87. The quantitative estimate of drug-likeness (QED) is 0.537. The number of halogens is 1. The summed E-state index contributed by atoms with van der Waals surface area (Å²) in [5.74, 6) is -1.31. The Morgan fingerprint density at radius 3 is 2.26 bits per heavy atom. The van der Waals surface area contributed by atoms with Crippen molar-refractivity contribution >= 4 is 35.2 Å². The monoisotopic (exact) mass is 446 g/mol. The molecule has 2 aromatic rings. The fourth-order valence-corrected chi connectivity index (χ4v) is 3.40. The van der Waals surface area contributed by atoms with Gasteiger partial charge in [0, 0.05) is 5.69 Å². The predicted octanol–water partition coefficient (Wildman–Crippen LogP) is 4.09. The van der Waals surface area contributed by atoms with Crippen molar-refractivity contribution in [2.75, 3.05) is 11.1 Å². The molecule has 8 heteroatoms. The molecule has 2 atom stereocenters. The number of thioether (sulfide) groups is 1. The number of carbonyl (C=O) groups excluding carboxylic acids is 3. The second-order valence-electron chi connectivity index (χ2n) is 7.22. The van der Waals surface area contributed by atoms with Gasteiger partial charge in [-0.05, 0) is 50.6 Å². The van der Waals surface area contributed by atoms with Crippen molar-refractivity contribution in [1.29, 1.82) is 0 Å². The molecule has 0 saturated carbocycles. The van der Waals surface area contributed by atoms with Crippen molar-refractivity contribution in [3.05, 3.63) is 66.0 Å². The van der Waals surface area contributed by atoms with Crippen LogP contribution >= 0.6 is 11.8 Å². The van der Waals surface area contributed by atoms with Crippen LogP contribution in [0.15, 0.2) is 54.6 Å². The number of amides is 2. The summed E-state index contributed by atoms with van der Waals surface area (Å²) in [6.07, 6.45) is -0.232.